The Morgan fingerprint density at radius 2 is 0.862 bits per heavy atom. The standard InChI is InChI=1S/C26H33O2P/c1-25(2,3)21-16-10-12-18-23(21)29(27,28,20-14-8-7-9-15-20)24-19-13-11-17-22(24)26(4,5)6/h7-19,27-28H,1-6H3. The van der Waals surface area contributed by atoms with Gasteiger partial charge < -0.3 is 0 Å². The molecule has 0 amide bonds. The van der Waals surface area contributed by atoms with Crippen LogP contribution in [0.25, 0.3) is 0 Å². The van der Waals surface area contributed by atoms with Crippen molar-refractivity contribution >= 4 is 23.0 Å². The molecule has 0 spiro atoms. The number of benzene rings is 3. The minimum atomic E-state index is -4.70. The molecule has 3 aromatic rings. The van der Waals surface area contributed by atoms with Crippen molar-refractivity contribution in [2.24, 2.45) is 0 Å². The molecule has 29 heavy (non-hydrogen) atoms. The Hall–Kier alpha value is -1.99. The molecule has 0 unspecified atom stereocenters. The van der Waals surface area contributed by atoms with Crippen LogP contribution in [0, 0.1) is 0 Å². The monoisotopic (exact) mass is 408 g/mol. The van der Waals surface area contributed by atoms with Gasteiger partial charge in [-0.2, -0.15) is 0 Å². The van der Waals surface area contributed by atoms with Crippen molar-refractivity contribution in [3.63, 3.8) is 0 Å². The van der Waals surface area contributed by atoms with Crippen molar-refractivity contribution < 1.29 is 9.79 Å². The van der Waals surface area contributed by atoms with Gasteiger partial charge in [-0.05, 0) is 0 Å². The van der Waals surface area contributed by atoms with Gasteiger partial charge >= 0.3 is 175 Å². The normalized spacial score (nSPS) is 14.3. The maximum atomic E-state index is 12.7. The van der Waals surface area contributed by atoms with Crippen molar-refractivity contribution in [1.82, 2.24) is 0 Å². The summed E-state index contributed by atoms with van der Waals surface area (Å²) in [6, 6.07) is 24.9. The molecule has 2 nitrogen and oxygen atoms in total. The predicted octanol–water partition coefficient (Wildman–Crippen LogP) is 4.93. The van der Waals surface area contributed by atoms with Gasteiger partial charge in [-0.25, -0.2) is 0 Å². The van der Waals surface area contributed by atoms with E-state index in [1.807, 2.05) is 78.9 Å². The van der Waals surface area contributed by atoms with Crippen LogP contribution < -0.4 is 15.9 Å². The number of rotatable bonds is 3. The van der Waals surface area contributed by atoms with Gasteiger partial charge in [-0.1, -0.05) is 0 Å². The fourth-order valence-corrected chi connectivity index (χ4v) is 8.10. The van der Waals surface area contributed by atoms with E-state index in [0.29, 0.717) is 15.9 Å². The Morgan fingerprint density at radius 1 is 0.517 bits per heavy atom. The Balaban J connectivity index is 2.54. The van der Waals surface area contributed by atoms with E-state index in [1.165, 1.54) is 0 Å². The van der Waals surface area contributed by atoms with E-state index in [0.717, 1.165) is 11.1 Å². The summed E-state index contributed by atoms with van der Waals surface area (Å²) in [4.78, 5) is 25.3. The third-order valence-electron chi connectivity index (χ3n) is 5.58. The second-order valence-corrected chi connectivity index (χ2v) is 13.4. The van der Waals surface area contributed by atoms with Crippen molar-refractivity contribution in [2.75, 3.05) is 0 Å². The minimum absolute atomic E-state index is 0.239. The van der Waals surface area contributed by atoms with Crippen LogP contribution in [-0.2, 0) is 10.8 Å². The van der Waals surface area contributed by atoms with Crippen molar-refractivity contribution in [3.8, 4) is 0 Å². The van der Waals surface area contributed by atoms with Crippen LogP contribution in [0.2, 0.25) is 0 Å². The van der Waals surface area contributed by atoms with Gasteiger partial charge in [0.1, 0.15) is 0 Å². The van der Waals surface area contributed by atoms with Gasteiger partial charge in [0.15, 0.2) is 0 Å². The summed E-state index contributed by atoms with van der Waals surface area (Å²) in [5.41, 5.74) is 1.43. The average Bonchev–Trinajstić information content (AvgIpc) is 2.67. The third kappa shape index (κ3) is 3.66. The molecule has 154 valence electrons. The van der Waals surface area contributed by atoms with Crippen LogP contribution in [0.4, 0.5) is 0 Å². The van der Waals surface area contributed by atoms with E-state index in [1.54, 1.807) is 0 Å². The molecule has 0 radical (unpaired) electrons. The predicted molar refractivity (Wildman–Crippen MR) is 127 cm³/mol. The van der Waals surface area contributed by atoms with Crippen LogP contribution >= 0.6 is 7.06 Å². The van der Waals surface area contributed by atoms with Gasteiger partial charge in [0.2, 0.25) is 0 Å². The summed E-state index contributed by atoms with van der Waals surface area (Å²) in [6.45, 7) is 12.7. The SMILES string of the molecule is CC(C)(C)c1ccccc1P(O)(O)(c1ccccc1)c1ccccc1C(C)(C)C. The summed E-state index contributed by atoms with van der Waals surface area (Å²) in [5, 5.41) is 1.80. The number of hydrogen-bond donors (Lipinski definition) is 2. The molecule has 3 rings (SSSR count). The second kappa shape index (κ2) is 7.06. The zero-order chi connectivity index (χ0) is 21.5. The molecule has 0 aliphatic heterocycles. The van der Waals surface area contributed by atoms with Gasteiger partial charge in [-0.15, -0.1) is 0 Å². The molecule has 0 saturated carbocycles. The molecule has 0 bridgehead atoms. The van der Waals surface area contributed by atoms with Crippen LogP contribution in [0.5, 0.6) is 0 Å². The molecule has 0 atom stereocenters. The van der Waals surface area contributed by atoms with E-state index in [9.17, 15) is 9.79 Å². The van der Waals surface area contributed by atoms with E-state index in [2.05, 4.69) is 41.5 Å². The van der Waals surface area contributed by atoms with Crippen LogP contribution in [0.1, 0.15) is 52.7 Å². The third-order valence-corrected chi connectivity index (χ3v) is 9.46. The Labute approximate surface area is 175 Å². The van der Waals surface area contributed by atoms with E-state index >= 15 is 0 Å². The zero-order valence-corrected chi connectivity index (χ0v) is 19.2. The first-order valence-corrected chi connectivity index (χ1v) is 12.3. The molecule has 0 aromatic heterocycles. The Morgan fingerprint density at radius 3 is 1.24 bits per heavy atom. The maximum absolute atomic E-state index is 12.7. The van der Waals surface area contributed by atoms with Crippen LogP contribution in [-0.4, -0.2) is 9.79 Å². The summed E-state index contributed by atoms with van der Waals surface area (Å²) < 4.78 is 0. The number of hydrogen-bond acceptors (Lipinski definition) is 2. The second-order valence-electron chi connectivity index (χ2n) is 9.89. The Kier molecular flexibility index (Phi) is 5.28. The molecule has 3 aromatic carbocycles. The molecular weight excluding hydrogens is 375 g/mol. The fourth-order valence-electron chi connectivity index (χ4n) is 4.07. The Bertz CT molecular complexity index is 947. The van der Waals surface area contributed by atoms with Crippen molar-refractivity contribution in [1.29, 1.82) is 0 Å². The first kappa shape index (κ1) is 21.7. The molecule has 0 fully saturated rings. The molecule has 0 aliphatic carbocycles. The van der Waals surface area contributed by atoms with Gasteiger partial charge in [0.25, 0.3) is 0 Å². The average molecular weight is 409 g/mol. The topological polar surface area (TPSA) is 40.5 Å². The quantitative estimate of drug-likeness (QED) is 0.604. The molecule has 2 N–H and O–H groups in total. The summed E-state index contributed by atoms with van der Waals surface area (Å²) in [6.07, 6.45) is 0. The fraction of sp³-hybridized carbons (Fsp3) is 0.308. The van der Waals surface area contributed by atoms with Crippen molar-refractivity contribution in [2.45, 2.75) is 52.4 Å². The van der Waals surface area contributed by atoms with Gasteiger partial charge in [0.05, 0.1) is 0 Å². The molecule has 3 heteroatoms. The summed E-state index contributed by atoms with van der Waals surface area (Å²) in [5.74, 6) is 0. The van der Waals surface area contributed by atoms with E-state index in [4.69, 9.17) is 0 Å². The van der Waals surface area contributed by atoms with Crippen molar-refractivity contribution in [3.05, 3.63) is 90.0 Å². The van der Waals surface area contributed by atoms with Gasteiger partial charge in [-0.3, -0.25) is 0 Å². The zero-order valence-electron chi connectivity index (χ0n) is 18.3. The molecule has 0 aliphatic rings. The van der Waals surface area contributed by atoms with E-state index in [-0.39, 0.29) is 10.8 Å². The molecule has 0 heterocycles. The van der Waals surface area contributed by atoms with Crippen LogP contribution in [0.3, 0.4) is 0 Å². The van der Waals surface area contributed by atoms with Crippen LogP contribution in [0.15, 0.2) is 78.9 Å². The molecular formula is C26H33O2P. The first-order chi connectivity index (χ1) is 13.4. The summed E-state index contributed by atoms with van der Waals surface area (Å²) >= 11 is 0. The first-order valence-electron chi connectivity index (χ1n) is 10.1. The molecule has 0 saturated heterocycles. The van der Waals surface area contributed by atoms with Gasteiger partial charge in [0, 0.05) is 0 Å². The summed E-state index contributed by atoms with van der Waals surface area (Å²) in [7, 11) is -4.70. The van der Waals surface area contributed by atoms with E-state index < -0.39 is 7.06 Å².